The second kappa shape index (κ2) is 13.2. The lowest BCUT2D eigenvalue weighted by molar-refractivity contribution is 0.104. The molecule has 0 unspecified atom stereocenters. The summed E-state index contributed by atoms with van der Waals surface area (Å²) >= 11 is 6.32. The highest BCUT2D eigenvalue weighted by atomic mass is 35.5. The Hall–Kier alpha value is -4.76. The van der Waals surface area contributed by atoms with Crippen LogP contribution in [-0.4, -0.2) is 53.2 Å². The smallest absolute Gasteiger partial charge is 0.123 e. The highest BCUT2D eigenvalue weighted by Gasteiger charge is 2.27. The van der Waals surface area contributed by atoms with Gasteiger partial charge in [-0.3, -0.25) is 9.80 Å². The van der Waals surface area contributed by atoms with Crippen molar-refractivity contribution < 1.29 is 18.6 Å². The lowest BCUT2D eigenvalue weighted by Gasteiger charge is -2.40. The largest absolute Gasteiger partial charge is 0.508 e. The summed E-state index contributed by atoms with van der Waals surface area (Å²) in [6.45, 7) is 3.58. The average molecular weight is 651 g/mol. The van der Waals surface area contributed by atoms with Gasteiger partial charge in [-0.05, 0) is 90.0 Å². The number of hydrogen-bond donors (Lipinski definition) is 2. The first-order valence-corrected chi connectivity index (χ1v) is 15.9. The summed E-state index contributed by atoms with van der Waals surface area (Å²) in [5.74, 6) is 0.374. The second-order valence-corrected chi connectivity index (χ2v) is 12.3. The molecule has 0 aliphatic carbocycles. The van der Waals surface area contributed by atoms with Gasteiger partial charge in [0.15, 0.2) is 0 Å². The number of anilines is 2. The van der Waals surface area contributed by atoms with E-state index in [1.165, 1.54) is 24.3 Å². The first kappa shape index (κ1) is 30.9. The Morgan fingerprint density at radius 1 is 0.787 bits per heavy atom. The van der Waals surface area contributed by atoms with Crippen molar-refractivity contribution in [3.05, 3.63) is 136 Å². The van der Waals surface area contributed by atoms with E-state index in [9.17, 15) is 13.9 Å². The van der Waals surface area contributed by atoms with Gasteiger partial charge in [0.25, 0.3) is 0 Å². The maximum Gasteiger partial charge on any atom is 0.123 e. The van der Waals surface area contributed by atoms with E-state index in [1.54, 1.807) is 37.4 Å². The molecule has 0 amide bonds. The Morgan fingerprint density at radius 3 is 2.13 bits per heavy atom. The maximum atomic E-state index is 13.8. The molecule has 1 aliphatic heterocycles. The second-order valence-electron chi connectivity index (χ2n) is 11.8. The van der Waals surface area contributed by atoms with Crippen LogP contribution in [0, 0.1) is 11.6 Å². The molecule has 5 aromatic carbocycles. The van der Waals surface area contributed by atoms with E-state index in [2.05, 4.69) is 15.1 Å². The van der Waals surface area contributed by atoms with Crippen LogP contribution < -0.4 is 10.1 Å². The lowest BCUT2D eigenvalue weighted by atomic mass is 9.96. The van der Waals surface area contributed by atoms with Crippen molar-refractivity contribution in [2.24, 2.45) is 0 Å². The Balaban J connectivity index is 1.12. The molecule has 7 rings (SSSR count). The van der Waals surface area contributed by atoms with Crippen molar-refractivity contribution in [2.45, 2.75) is 12.6 Å². The summed E-state index contributed by atoms with van der Waals surface area (Å²) in [5.41, 5.74) is 6.00. The minimum atomic E-state index is -0.289. The zero-order chi connectivity index (χ0) is 32.5. The van der Waals surface area contributed by atoms with Crippen molar-refractivity contribution in [3.8, 4) is 11.5 Å². The third kappa shape index (κ3) is 6.58. The zero-order valence-corrected chi connectivity index (χ0v) is 26.5. The van der Waals surface area contributed by atoms with Gasteiger partial charge in [-0.1, -0.05) is 35.9 Å². The molecule has 238 valence electrons. The number of benzene rings is 5. The number of nitrogens with zero attached hydrogens (tertiary/aromatic N) is 3. The number of aromatic hydroxyl groups is 1. The topological polar surface area (TPSA) is 60.9 Å². The molecule has 0 radical (unpaired) electrons. The van der Waals surface area contributed by atoms with Gasteiger partial charge in [-0.15, -0.1) is 0 Å². The van der Waals surface area contributed by atoms with Gasteiger partial charge in [-0.25, -0.2) is 13.8 Å². The molecule has 2 heterocycles. The SMILES string of the molecule is COc1ccc2nc3cc(Cl)ccc3c(Nc3ccc(O)c(CN4CCN(C(c5ccc(F)cc5)c5ccc(F)cc5)CC4)c3)c2c1. The van der Waals surface area contributed by atoms with Gasteiger partial charge in [0, 0.05) is 59.8 Å². The predicted octanol–water partition coefficient (Wildman–Crippen LogP) is 8.68. The normalized spacial score (nSPS) is 14.2. The number of piperazine rings is 1. The fraction of sp³-hybridized carbons (Fsp3) is 0.184. The van der Waals surface area contributed by atoms with E-state index in [1.807, 2.05) is 48.5 Å². The summed E-state index contributed by atoms with van der Waals surface area (Å²) < 4.78 is 33.0. The molecule has 1 aliphatic rings. The quantitative estimate of drug-likeness (QED) is 0.127. The molecular formula is C38H33ClF2N4O2. The van der Waals surface area contributed by atoms with Crippen molar-refractivity contribution in [1.82, 2.24) is 14.8 Å². The van der Waals surface area contributed by atoms with Gasteiger partial charge in [0.05, 0.1) is 29.9 Å². The number of fused-ring (bicyclic) bond motifs is 2. The number of phenols is 1. The van der Waals surface area contributed by atoms with Crippen molar-refractivity contribution in [1.29, 1.82) is 0 Å². The van der Waals surface area contributed by atoms with Crippen LogP contribution in [0.5, 0.6) is 11.5 Å². The van der Waals surface area contributed by atoms with E-state index in [4.69, 9.17) is 21.3 Å². The number of hydrogen-bond acceptors (Lipinski definition) is 6. The molecule has 1 aromatic heterocycles. The molecule has 6 aromatic rings. The first-order valence-electron chi connectivity index (χ1n) is 15.5. The van der Waals surface area contributed by atoms with E-state index < -0.39 is 0 Å². The van der Waals surface area contributed by atoms with Crippen LogP contribution in [0.1, 0.15) is 22.7 Å². The number of pyridine rings is 1. The highest BCUT2D eigenvalue weighted by Crippen LogP contribution is 2.37. The molecule has 0 atom stereocenters. The third-order valence-corrected chi connectivity index (χ3v) is 9.06. The van der Waals surface area contributed by atoms with E-state index in [0.717, 1.165) is 81.8 Å². The summed E-state index contributed by atoms with van der Waals surface area (Å²) in [6, 6.07) is 29.9. The van der Waals surface area contributed by atoms with Crippen LogP contribution in [-0.2, 0) is 6.54 Å². The summed E-state index contributed by atoms with van der Waals surface area (Å²) in [6.07, 6.45) is 0. The van der Waals surface area contributed by atoms with Gasteiger partial charge in [-0.2, -0.15) is 0 Å². The lowest BCUT2D eigenvalue weighted by Crippen LogP contribution is -2.47. The number of ether oxygens (including phenoxy) is 1. The maximum absolute atomic E-state index is 13.8. The minimum Gasteiger partial charge on any atom is -0.508 e. The molecule has 1 saturated heterocycles. The van der Waals surface area contributed by atoms with E-state index in [0.29, 0.717) is 11.6 Å². The monoisotopic (exact) mass is 650 g/mol. The van der Waals surface area contributed by atoms with Crippen molar-refractivity contribution in [3.63, 3.8) is 0 Å². The van der Waals surface area contributed by atoms with Crippen LogP contribution in [0.2, 0.25) is 5.02 Å². The molecule has 2 N–H and O–H groups in total. The van der Waals surface area contributed by atoms with Crippen molar-refractivity contribution in [2.75, 3.05) is 38.6 Å². The predicted molar refractivity (Wildman–Crippen MR) is 184 cm³/mol. The van der Waals surface area contributed by atoms with E-state index in [-0.39, 0.29) is 23.4 Å². The molecular weight excluding hydrogens is 618 g/mol. The molecule has 6 nitrogen and oxygen atoms in total. The third-order valence-electron chi connectivity index (χ3n) is 8.83. The molecule has 1 fully saturated rings. The number of aromatic nitrogens is 1. The molecule has 0 saturated carbocycles. The van der Waals surface area contributed by atoms with Gasteiger partial charge in [0.1, 0.15) is 23.1 Å². The minimum absolute atomic E-state index is 0.127. The highest BCUT2D eigenvalue weighted by molar-refractivity contribution is 6.31. The number of nitrogens with one attached hydrogen (secondary N) is 1. The molecule has 9 heteroatoms. The fourth-order valence-electron chi connectivity index (χ4n) is 6.42. The van der Waals surface area contributed by atoms with Crippen LogP contribution in [0.15, 0.2) is 103 Å². The summed E-state index contributed by atoms with van der Waals surface area (Å²) in [7, 11) is 1.64. The Labute approximate surface area is 276 Å². The van der Waals surface area contributed by atoms with Crippen LogP contribution in [0.4, 0.5) is 20.2 Å². The van der Waals surface area contributed by atoms with E-state index >= 15 is 0 Å². The Bertz CT molecular complexity index is 2000. The standard InChI is InChI=1S/C38H33ClF2N4O2/c1-47-31-12-14-34-33(22-31)37(32-13-6-27(39)21-35(32)43-34)42-30-11-15-36(46)26(20-30)23-44-16-18-45(19-17-44)38(24-2-7-28(40)8-3-24)25-4-9-29(41)10-5-25/h2-15,20-22,38,46H,16-19,23H2,1H3,(H,42,43). The Kier molecular flexibility index (Phi) is 8.64. The van der Waals surface area contributed by atoms with Gasteiger partial charge in [0.2, 0.25) is 0 Å². The van der Waals surface area contributed by atoms with Crippen LogP contribution in [0.3, 0.4) is 0 Å². The number of methoxy groups -OCH3 is 1. The summed E-state index contributed by atoms with van der Waals surface area (Å²) in [4.78, 5) is 9.48. The molecule has 0 spiro atoms. The fourth-order valence-corrected chi connectivity index (χ4v) is 6.58. The number of phenolic OH excluding ortho intramolecular Hbond substituents is 1. The zero-order valence-electron chi connectivity index (χ0n) is 25.8. The number of halogens is 3. The summed E-state index contributed by atoms with van der Waals surface area (Å²) in [5, 5.41) is 16.9. The number of rotatable bonds is 8. The van der Waals surface area contributed by atoms with Crippen LogP contribution >= 0.6 is 11.6 Å². The average Bonchev–Trinajstić information content (AvgIpc) is 3.08. The Morgan fingerprint density at radius 2 is 1.47 bits per heavy atom. The molecule has 47 heavy (non-hydrogen) atoms. The van der Waals surface area contributed by atoms with Crippen LogP contribution in [0.25, 0.3) is 21.8 Å². The first-order chi connectivity index (χ1) is 22.8. The van der Waals surface area contributed by atoms with Crippen molar-refractivity contribution >= 4 is 44.8 Å². The van der Waals surface area contributed by atoms with Gasteiger partial charge >= 0.3 is 0 Å². The van der Waals surface area contributed by atoms with Gasteiger partial charge < -0.3 is 15.2 Å². The molecule has 0 bridgehead atoms.